The maximum Gasteiger partial charge on any atom is 0.246 e. The van der Waals surface area contributed by atoms with E-state index in [1.165, 1.54) is 10.4 Å². The van der Waals surface area contributed by atoms with Crippen LogP contribution in [0.1, 0.15) is 12.0 Å². The number of hydrogen-bond donors (Lipinski definition) is 1. The standard InChI is InChI=1S/C11H12FN3O2S/c12-10-5-8(6-13)1-2-11(10)18(16,17)15-4-3-9(14)7-15/h1-2,5,9H,3-4,7,14H2/t9-/m0/s1. The number of hydrogen-bond acceptors (Lipinski definition) is 4. The van der Waals surface area contributed by atoms with Gasteiger partial charge in [-0.25, -0.2) is 12.8 Å². The average Bonchev–Trinajstić information content (AvgIpc) is 2.76. The quantitative estimate of drug-likeness (QED) is 0.842. The highest BCUT2D eigenvalue weighted by atomic mass is 32.2. The van der Waals surface area contributed by atoms with Gasteiger partial charge in [0, 0.05) is 19.1 Å². The molecule has 1 heterocycles. The molecule has 1 fully saturated rings. The Hall–Kier alpha value is -1.49. The highest BCUT2D eigenvalue weighted by Gasteiger charge is 2.32. The van der Waals surface area contributed by atoms with E-state index in [9.17, 15) is 12.8 Å². The molecule has 7 heteroatoms. The third kappa shape index (κ3) is 2.22. The zero-order valence-corrected chi connectivity index (χ0v) is 10.3. The molecule has 0 spiro atoms. The maximum absolute atomic E-state index is 13.7. The highest BCUT2D eigenvalue weighted by molar-refractivity contribution is 7.89. The third-order valence-corrected chi connectivity index (χ3v) is 4.76. The Morgan fingerprint density at radius 2 is 2.22 bits per heavy atom. The van der Waals surface area contributed by atoms with E-state index in [0.29, 0.717) is 13.0 Å². The largest absolute Gasteiger partial charge is 0.326 e. The van der Waals surface area contributed by atoms with Crippen LogP contribution in [0.25, 0.3) is 0 Å². The van der Waals surface area contributed by atoms with Gasteiger partial charge in [-0.1, -0.05) is 0 Å². The number of benzene rings is 1. The molecule has 0 amide bonds. The monoisotopic (exact) mass is 269 g/mol. The summed E-state index contributed by atoms with van der Waals surface area (Å²) in [6.07, 6.45) is 0.567. The van der Waals surface area contributed by atoms with E-state index >= 15 is 0 Å². The van der Waals surface area contributed by atoms with Gasteiger partial charge in [-0.3, -0.25) is 0 Å². The molecule has 2 N–H and O–H groups in total. The van der Waals surface area contributed by atoms with Crippen LogP contribution in [-0.2, 0) is 10.0 Å². The summed E-state index contributed by atoms with van der Waals surface area (Å²) in [6, 6.07) is 4.87. The molecule has 1 saturated heterocycles. The Morgan fingerprint density at radius 3 is 2.72 bits per heavy atom. The van der Waals surface area contributed by atoms with Gasteiger partial charge in [0.2, 0.25) is 10.0 Å². The summed E-state index contributed by atoms with van der Waals surface area (Å²) >= 11 is 0. The minimum absolute atomic E-state index is 0.0876. The first-order chi connectivity index (χ1) is 8.45. The van der Waals surface area contributed by atoms with Crippen LogP contribution in [0, 0.1) is 17.1 Å². The minimum Gasteiger partial charge on any atom is -0.326 e. The smallest absolute Gasteiger partial charge is 0.246 e. The van der Waals surface area contributed by atoms with Gasteiger partial charge in [-0.2, -0.15) is 9.57 Å². The van der Waals surface area contributed by atoms with E-state index in [1.54, 1.807) is 6.07 Å². The van der Waals surface area contributed by atoms with Gasteiger partial charge < -0.3 is 5.73 Å². The predicted octanol–water partition coefficient (Wildman–Crippen LogP) is 0.419. The zero-order chi connectivity index (χ0) is 13.3. The van der Waals surface area contributed by atoms with Crippen LogP contribution < -0.4 is 5.73 Å². The van der Waals surface area contributed by atoms with Gasteiger partial charge in [0.05, 0.1) is 11.6 Å². The molecular weight excluding hydrogens is 257 g/mol. The maximum atomic E-state index is 13.7. The van der Waals surface area contributed by atoms with Gasteiger partial charge in [0.25, 0.3) is 0 Å². The average molecular weight is 269 g/mol. The molecule has 96 valence electrons. The molecule has 0 aromatic heterocycles. The number of nitrogens with zero attached hydrogens (tertiary/aromatic N) is 2. The molecule has 0 unspecified atom stereocenters. The summed E-state index contributed by atoms with van der Waals surface area (Å²) < 4.78 is 39.2. The van der Waals surface area contributed by atoms with Crippen molar-refractivity contribution < 1.29 is 12.8 Å². The van der Waals surface area contributed by atoms with Crippen LogP contribution in [0.5, 0.6) is 0 Å². The first-order valence-electron chi connectivity index (χ1n) is 5.40. The molecule has 1 aromatic carbocycles. The molecule has 18 heavy (non-hydrogen) atoms. The summed E-state index contributed by atoms with van der Waals surface area (Å²) in [6.45, 7) is 0.491. The van der Waals surface area contributed by atoms with Crippen molar-refractivity contribution in [2.75, 3.05) is 13.1 Å². The second-order valence-electron chi connectivity index (χ2n) is 4.17. The van der Waals surface area contributed by atoms with Gasteiger partial charge >= 0.3 is 0 Å². The fourth-order valence-corrected chi connectivity index (χ4v) is 3.45. The molecule has 1 atom stereocenters. The van der Waals surface area contributed by atoms with Crippen molar-refractivity contribution in [1.29, 1.82) is 5.26 Å². The minimum atomic E-state index is -3.86. The second-order valence-corrected chi connectivity index (χ2v) is 6.08. The first-order valence-corrected chi connectivity index (χ1v) is 6.84. The highest BCUT2D eigenvalue weighted by Crippen LogP contribution is 2.23. The van der Waals surface area contributed by atoms with Crippen molar-refractivity contribution in [3.8, 4) is 6.07 Å². The van der Waals surface area contributed by atoms with Crippen LogP contribution in [0.4, 0.5) is 4.39 Å². The van der Waals surface area contributed by atoms with E-state index in [2.05, 4.69) is 0 Å². The summed E-state index contributed by atoms with van der Waals surface area (Å²) in [7, 11) is -3.86. The Balaban J connectivity index is 2.39. The van der Waals surface area contributed by atoms with Crippen LogP contribution in [-0.4, -0.2) is 31.9 Å². The number of nitrogens with two attached hydrogens (primary N) is 1. The van der Waals surface area contributed by atoms with Crippen LogP contribution in [0.15, 0.2) is 23.1 Å². The first kappa shape index (κ1) is 13.0. The summed E-state index contributed by atoms with van der Waals surface area (Å²) in [5, 5.41) is 8.61. The number of nitriles is 1. The molecule has 0 saturated carbocycles. The topological polar surface area (TPSA) is 87.2 Å². The van der Waals surface area contributed by atoms with Crippen LogP contribution in [0.3, 0.4) is 0 Å². The van der Waals surface area contributed by atoms with E-state index in [-0.39, 0.29) is 18.2 Å². The van der Waals surface area contributed by atoms with E-state index in [0.717, 1.165) is 12.1 Å². The molecule has 5 nitrogen and oxygen atoms in total. The number of sulfonamides is 1. The lowest BCUT2D eigenvalue weighted by Gasteiger charge is -2.16. The molecule has 1 aliphatic heterocycles. The summed E-state index contributed by atoms with van der Waals surface area (Å²) in [5.41, 5.74) is 5.73. The molecule has 1 aliphatic rings. The van der Waals surface area contributed by atoms with Crippen molar-refractivity contribution in [1.82, 2.24) is 4.31 Å². The van der Waals surface area contributed by atoms with Crippen molar-refractivity contribution in [2.24, 2.45) is 5.73 Å². The van der Waals surface area contributed by atoms with Gasteiger partial charge in [-0.05, 0) is 24.6 Å². The lowest BCUT2D eigenvalue weighted by Crippen LogP contribution is -2.32. The van der Waals surface area contributed by atoms with Crippen molar-refractivity contribution in [2.45, 2.75) is 17.4 Å². The Labute approximate surface area is 105 Å². The molecule has 0 aliphatic carbocycles. The second kappa shape index (κ2) is 4.65. The zero-order valence-electron chi connectivity index (χ0n) is 9.51. The van der Waals surface area contributed by atoms with E-state index in [4.69, 9.17) is 11.0 Å². The van der Waals surface area contributed by atoms with Crippen molar-refractivity contribution >= 4 is 10.0 Å². The SMILES string of the molecule is N#Cc1ccc(S(=O)(=O)N2CC[C@H](N)C2)c(F)c1. The molecule has 2 rings (SSSR count). The Morgan fingerprint density at radius 1 is 1.50 bits per heavy atom. The Kier molecular flexibility index (Phi) is 3.34. The van der Waals surface area contributed by atoms with E-state index < -0.39 is 20.7 Å². The lowest BCUT2D eigenvalue weighted by molar-refractivity contribution is 0.465. The summed E-state index contributed by atoms with van der Waals surface area (Å²) in [5.74, 6) is -0.908. The predicted molar refractivity (Wildman–Crippen MR) is 62.5 cm³/mol. The fraction of sp³-hybridized carbons (Fsp3) is 0.364. The van der Waals surface area contributed by atoms with E-state index in [1.807, 2.05) is 0 Å². The fourth-order valence-electron chi connectivity index (χ4n) is 1.89. The molecule has 1 aromatic rings. The van der Waals surface area contributed by atoms with Crippen LogP contribution in [0.2, 0.25) is 0 Å². The molecule has 0 bridgehead atoms. The van der Waals surface area contributed by atoms with Gasteiger partial charge in [-0.15, -0.1) is 0 Å². The van der Waals surface area contributed by atoms with Crippen LogP contribution >= 0.6 is 0 Å². The van der Waals surface area contributed by atoms with Gasteiger partial charge in [0.15, 0.2) is 0 Å². The lowest BCUT2D eigenvalue weighted by atomic mass is 10.2. The molecule has 0 radical (unpaired) electrons. The van der Waals surface area contributed by atoms with Crippen molar-refractivity contribution in [3.05, 3.63) is 29.6 Å². The molecular formula is C11H12FN3O2S. The number of rotatable bonds is 2. The summed E-state index contributed by atoms with van der Waals surface area (Å²) in [4.78, 5) is -0.407. The number of halogens is 1. The van der Waals surface area contributed by atoms with Gasteiger partial charge in [0.1, 0.15) is 10.7 Å². The van der Waals surface area contributed by atoms with Crippen molar-refractivity contribution in [3.63, 3.8) is 0 Å². The Bertz CT molecular complexity index is 609. The third-order valence-electron chi connectivity index (χ3n) is 2.87. The normalized spacial score (nSPS) is 20.8.